The fourth-order valence-electron chi connectivity index (χ4n) is 1.98. The van der Waals surface area contributed by atoms with Crippen molar-refractivity contribution in [2.75, 3.05) is 6.54 Å². The quantitative estimate of drug-likeness (QED) is 0.628. The maximum absolute atomic E-state index is 5.67. The van der Waals surface area contributed by atoms with Crippen LogP contribution in [0.15, 0.2) is 0 Å². The Balaban J connectivity index is 2.41. The Kier molecular flexibility index (Phi) is 3.34. The highest BCUT2D eigenvalue weighted by Crippen LogP contribution is 2.20. The van der Waals surface area contributed by atoms with Crippen molar-refractivity contribution in [2.45, 2.75) is 45.2 Å². The van der Waals surface area contributed by atoms with Gasteiger partial charge in [0.15, 0.2) is 0 Å². The average molecular weight is 156 g/mol. The van der Waals surface area contributed by atoms with Crippen molar-refractivity contribution in [1.29, 1.82) is 0 Å². The molecule has 1 aliphatic heterocycles. The molecule has 2 nitrogen and oxygen atoms in total. The van der Waals surface area contributed by atoms with Crippen LogP contribution in [-0.4, -0.2) is 18.6 Å². The summed E-state index contributed by atoms with van der Waals surface area (Å²) in [6.45, 7) is 5.34. The monoisotopic (exact) mass is 156 g/mol. The molecule has 0 aliphatic carbocycles. The molecule has 1 saturated heterocycles. The van der Waals surface area contributed by atoms with Crippen LogP contribution in [-0.2, 0) is 0 Å². The lowest BCUT2D eigenvalue weighted by Gasteiger charge is -2.35. The summed E-state index contributed by atoms with van der Waals surface area (Å²) in [6, 6.07) is 1.37. The van der Waals surface area contributed by atoms with Gasteiger partial charge in [-0.15, -0.1) is 0 Å². The van der Waals surface area contributed by atoms with Crippen molar-refractivity contribution in [2.24, 2.45) is 11.7 Å². The van der Waals surface area contributed by atoms with Crippen molar-refractivity contribution in [3.05, 3.63) is 0 Å². The Bertz CT molecular complexity index is 114. The Morgan fingerprint density at radius 3 is 2.73 bits per heavy atom. The van der Waals surface area contributed by atoms with Gasteiger partial charge in [0.2, 0.25) is 0 Å². The van der Waals surface area contributed by atoms with Crippen LogP contribution in [0.3, 0.4) is 0 Å². The van der Waals surface area contributed by atoms with E-state index in [-0.39, 0.29) is 0 Å². The molecule has 3 unspecified atom stereocenters. The highest BCUT2D eigenvalue weighted by Gasteiger charge is 2.24. The van der Waals surface area contributed by atoms with Gasteiger partial charge in [-0.1, -0.05) is 6.92 Å². The van der Waals surface area contributed by atoms with Gasteiger partial charge in [0, 0.05) is 12.1 Å². The van der Waals surface area contributed by atoms with Gasteiger partial charge in [-0.25, -0.2) is 0 Å². The zero-order chi connectivity index (χ0) is 8.27. The second-order valence-electron chi connectivity index (χ2n) is 3.66. The van der Waals surface area contributed by atoms with Gasteiger partial charge in [0.25, 0.3) is 0 Å². The molecule has 1 fully saturated rings. The van der Waals surface area contributed by atoms with E-state index in [1.165, 1.54) is 19.3 Å². The van der Waals surface area contributed by atoms with Crippen molar-refractivity contribution in [1.82, 2.24) is 5.32 Å². The van der Waals surface area contributed by atoms with E-state index in [0.29, 0.717) is 12.1 Å². The van der Waals surface area contributed by atoms with Gasteiger partial charge >= 0.3 is 0 Å². The van der Waals surface area contributed by atoms with Crippen LogP contribution in [0, 0.1) is 5.92 Å². The van der Waals surface area contributed by atoms with Gasteiger partial charge in [0.05, 0.1) is 0 Å². The van der Waals surface area contributed by atoms with Gasteiger partial charge < -0.3 is 11.1 Å². The van der Waals surface area contributed by atoms with Crippen LogP contribution in [0.1, 0.15) is 33.1 Å². The molecule has 3 N–H and O–H groups in total. The Morgan fingerprint density at radius 2 is 2.18 bits per heavy atom. The second-order valence-corrected chi connectivity index (χ2v) is 3.66. The number of rotatable bonds is 2. The van der Waals surface area contributed by atoms with Crippen LogP contribution >= 0.6 is 0 Å². The standard InChI is InChI=1S/C9H20N2/c1-3-9-8(6-10)5-4-7(2)11-9/h7-9,11H,3-6,10H2,1-2H3. The molecule has 0 aromatic rings. The third-order valence-corrected chi connectivity index (χ3v) is 2.78. The smallest absolute Gasteiger partial charge is 0.0107 e. The van der Waals surface area contributed by atoms with Crippen molar-refractivity contribution in [3.63, 3.8) is 0 Å². The molecule has 1 aliphatic rings. The molecule has 2 heteroatoms. The maximum Gasteiger partial charge on any atom is 0.0107 e. The third-order valence-electron chi connectivity index (χ3n) is 2.78. The molecule has 0 spiro atoms. The molecule has 3 atom stereocenters. The van der Waals surface area contributed by atoms with E-state index in [2.05, 4.69) is 19.2 Å². The summed E-state index contributed by atoms with van der Waals surface area (Å²) in [5.41, 5.74) is 5.67. The lowest BCUT2D eigenvalue weighted by Crippen LogP contribution is -2.48. The van der Waals surface area contributed by atoms with Gasteiger partial charge in [0.1, 0.15) is 0 Å². The van der Waals surface area contributed by atoms with Crippen LogP contribution in [0.2, 0.25) is 0 Å². The number of nitrogens with two attached hydrogens (primary N) is 1. The van der Waals surface area contributed by atoms with E-state index < -0.39 is 0 Å². The van der Waals surface area contributed by atoms with Crippen LogP contribution in [0.5, 0.6) is 0 Å². The SMILES string of the molecule is CCC1NC(C)CCC1CN. The Hall–Kier alpha value is -0.0800. The first-order chi connectivity index (χ1) is 5.27. The van der Waals surface area contributed by atoms with Crippen LogP contribution < -0.4 is 11.1 Å². The lowest BCUT2D eigenvalue weighted by molar-refractivity contribution is 0.238. The third kappa shape index (κ3) is 2.17. The summed E-state index contributed by atoms with van der Waals surface area (Å²) < 4.78 is 0. The fourth-order valence-corrected chi connectivity index (χ4v) is 1.98. The molecule has 1 heterocycles. The van der Waals surface area contributed by atoms with Crippen molar-refractivity contribution >= 4 is 0 Å². The van der Waals surface area contributed by atoms with Crippen molar-refractivity contribution in [3.8, 4) is 0 Å². The Morgan fingerprint density at radius 1 is 1.45 bits per heavy atom. The maximum atomic E-state index is 5.67. The van der Waals surface area contributed by atoms with Crippen LogP contribution in [0.4, 0.5) is 0 Å². The van der Waals surface area contributed by atoms with E-state index >= 15 is 0 Å². The van der Waals surface area contributed by atoms with Crippen LogP contribution in [0.25, 0.3) is 0 Å². The minimum absolute atomic E-state index is 0.670. The van der Waals surface area contributed by atoms with Gasteiger partial charge in [-0.05, 0) is 38.6 Å². The number of hydrogen-bond acceptors (Lipinski definition) is 2. The molecule has 0 bridgehead atoms. The number of nitrogens with one attached hydrogen (secondary N) is 1. The van der Waals surface area contributed by atoms with E-state index in [1.807, 2.05) is 0 Å². The first-order valence-corrected chi connectivity index (χ1v) is 4.74. The number of piperidine rings is 1. The minimum atomic E-state index is 0.670. The summed E-state index contributed by atoms with van der Waals surface area (Å²) in [6.07, 6.45) is 3.81. The molecule has 0 saturated carbocycles. The molecule has 11 heavy (non-hydrogen) atoms. The van der Waals surface area contributed by atoms with Gasteiger partial charge in [-0.3, -0.25) is 0 Å². The molecule has 66 valence electrons. The molecular weight excluding hydrogens is 136 g/mol. The highest BCUT2D eigenvalue weighted by molar-refractivity contribution is 4.84. The first-order valence-electron chi connectivity index (χ1n) is 4.74. The molecule has 0 aromatic carbocycles. The predicted octanol–water partition coefficient (Wildman–Crippen LogP) is 1.11. The summed E-state index contributed by atoms with van der Waals surface area (Å²) in [7, 11) is 0. The number of hydrogen-bond donors (Lipinski definition) is 2. The van der Waals surface area contributed by atoms with E-state index in [9.17, 15) is 0 Å². The van der Waals surface area contributed by atoms with E-state index in [4.69, 9.17) is 5.73 Å². The average Bonchev–Trinajstić information content (AvgIpc) is 2.04. The minimum Gasteiger partial charge on any atom is -0.330 e. The molecule has 0 amide bonds. The van der Waals surface area contributed by atoms with E-state index in [0.717, 1.165) is 12.5 Å². The first kappa shape index (κ1) is 9.01. The summed E-state index contributed by atoms with van der Waals surface area (Å²) >= 11 is 0. The second kappa shape index (κ2) is 4.07. The lowest BCUT2D eigenvalue weighted by atomic mass is 9.86. The fraction of sp³-hybridized carbons (Fsp3) is 1.00. The van der Waals surface area contributed by atoms with Crippen molar-refractivity contribution < 1.29 is 0 Å². The van der Waals surface area contributed by atoms with E-state index in [1.54, 1.807) is 0 Å². The molecule has 0 aromatic heterocycles. The normalized spacial score (nSPS) is 39.0. The molecule has 1 rings (SSSR count). The zero-order valence-corrected chi connectivity index (χ0v) is 7.64. The highest BCUT2D eigenvalue weighted by atomic mass is 15.0. The zero-order valence-electron chi connectivity index (χ0n) is 7.64. The summed E-state index contributed by atoms with van der Waals surface area (Å²) in [4.78, 5) is 0. The topological polar surface area (TPSA) is 38.0 Å². The predicted molar refractivity (Wildman–Crippen MR) is 48.5 cm³/mol. The largest absolute Gasteiger partial charge is 0.330 e. The Labute approximate surface area is 69.5 Å². The van der Waals surface area contributed by atoms with Gasteiger partial charge in [-0.2, -0.15) is 0 Å². The summed E-state index contributed by atoms with van der Waals surface area (Å²) in [5.74, 6) is 0.719. The summed E-state index contributed by atoms with van der Waals surface area (Å²) in [5, 5.41) is 3.59. The molecular formula is C9H20N2. The molecule has 0 radical (unpaired) electrons.